The Bertz CT molecular complexity index is 781. The van der Waals surface area contributed by atoms with Gasteiger partial charge in [0.15, 0.2) is 0 Å². The van der Waals surface area contributed by atoms with Gasteiger partial charge >= 0.3 is 0 Å². The van der Waals surface area contributed by atoms with E-state index in [9.17, 15) is 0 Å². The van der Waals surface area contributed by atoms with E-state index in [1.165, 1.54) is 5.56 Å². The molecule has 0 saturated heterocycles. The lowest BCUT2D eigenvalue weighted by Crippen LogP contribution is -2.34. The van der Waals surface area contributed by atoms with E-state index in [4.69, 9.17) is 0 Å². The Morgan fingerprint density at radius 3 is 2.82 bits per heavy atom. The SMILES string of the molecule is Cc1cc(N2Cc3[nH]cnc3C(c3ccccc3)C2)ncn1. The quantitative estimate of drug-likeness (QED) is 0.788. The molecule has 1 atom stereocenters. The van der Waals surface area contributed by atoms with E-state index >= 15 is 0 Å². The van der Waals surface area contributed by atoms with Crippen LogP contribution in [0.15, 0.2) is 49.1 Å². The summed E-state index contributed by atoms with van der Waals surface area (Å²) in [6, 6.07) is 12.6. The average Bonchev–Trinajstić information content (AvgIpc) is 3.03. The molecule has 22 heavy (non-hydrogen) atoms. The maximum Gasteiger partial charge on any atom is 0.132 e. The zero-order chi connectivity index (χ0) is 14.9. The third-order valence-corrected chi connectivity index (χ3v) is 4.15. The number of imidazole rings is 1. The molecule has 0 saturated carbocycles. The topological polar surface area (TPSA) is 57.7 Å². The highest BCUT2D eigenvalue weighted by atomic mass is 15.2. The minimum atomic E-state index is 0.256. The van der Waals surface area contributed by atoms with E-state index in [1.54, 1.807) is 12.7 Å². The maximum absolute atomic E-state index is 4.55. The lowest BCUT2D eigenvalue weighted by Gasteiger charge is -2.33. The summed E-state index contributed by atoms with van der Waals surface area (Å²) in [5.41, 5.74) is 4.58. The van der Waals surface area contributed by atoms with Crippen LogP contribution in [0.2, 0.25) is 0 Å². The van der Waals surface area contributed by atoms with Crippen LogP contribution in [0, 0.1) is 6.92 Å². The minimum Gasteiger partial charge on any atom is -0.350 e. The van der Waals surface area contributed by atoms with E-state index in [0.717, 1.165) is 36.0 Å². The van der Waals surface area contributed by atoms with Crippen LogP contribution in [-0.2, 0) is 6.54 Å². The predicted molar refractivity (Wildman–Crippen MR) is 84.7 cm³/mol. The Kier molecular flexibility index (Phi) is 3.11. The smallest absolute Gasteiger partial charge is 0.132 e. The van der Waals surface area contributed by atoms with E-state index in [2.05, 4.69) is 49.1 Å². The number of fused-ring (bicyclic) bond motifs is 1. The average molecular weight is 291 g/mol. The third kappa shape index (κ3) is 2.24. The van der Waals surface area contributed by atoms with Crippen LogP contribution < -0.4 is 4.90 Å². The van der Waals surface area contributed by atoms with Crippen molar-refractivity contribution in [1.82, 2.24) is 19.9 Å². The second-order valence-corrected chi connectivity index (χ2v) is 5.63. The van der Waals surface area contributed by atoms with Crippen molar-refractivity contribution in [3.05, 3.63) is 71.7 Å². The molecule has 5 nitrogen and oxygen atoms in total. The molecule has 0 spiro atoms. The normalized spacial score (nSPS) is 17.3. The zero-order valence-corrected chi connectivity index (χ0v) is 12.4. The van der Waals surface area contributed by atoms with Crippen molar-refractivity contribution in [1.29, 1.82) is 0 Å². The zero-order valence-electron chi connectivity index (χ0n) is 12.4. The first-order chi connectivity index (χ1) is 10.8. The van der Waals surface area contributed by atoms with E-state index in [0.29, 0.717) is 0 Å². The van der Waals surface area contributed by atoms with E-state index in [1.807, 2.05) is 19.1 Å². The van der Waals surface area contributed by atoms with Gasteiger partial charge in [-0.15, -0.1) is 0 Å². The number of hydrogen-bond donors (Lipinski definition) is 1. The molecule has 3 heterocycles. The van der Waals surface area contributed by atoms with Gasteiger partial charge in [-0.25, -0.2) is 15.0 Å². The lowest BCUT2D eigenvalue weighted by molar-refractivity contribution is 0.638. The van der Waals surface area contributed by atoms with E-state index in [-0.39, 0.29) is 5.92 Å². The number of aryl methyl sites for hydroxylation is 1. The van der Waals surface area contributed by atoms with Crippen LogP contribution in [0.4, 0.5) is 5.82 Å². The van der Waals surface area contributed by atoms with Gasteiger partial charge in [0.25, 0.3) is 0 Å². The van der Waals surface area contributed by atoms with Crippen LogP contribution >= 0.6 is 0 Å². The van der Waals surface area contributed by atoms with Crippen molar-refractivity contribution >= 4 is 5.82 Å². The second kappa shape index (κ2) is 5.26. The standard InChI is InChI=1S/C17H17N5/c1-12-7-16(20-10-18-12)22-8-14(13-5-3-2-4-6-13)17-15(9-22)19-11-21-17/h2-7,10-11,14H,8-9H2,1H3,(H,19,21). The van der Waals surface area contributed by atoms with Crippen LogP contribution in [0.25, 0.3) is 0 Å². The molecular weight excluding hydrogens is 274 g/mol. The first-order valence-electron chi connectivity index (χ1n) is 7.42. The van der Waals surface area contributed by atoms with Gasteiger partial charge in [0.2, 0.25) is 0 Å². The molecule has 4 rings (SSSR count). The summed E-state index contributed by atoms with van der Waals surface area (Å²) in [5, 5.41) is 0. The number of hydrogen-bond acceptors (Lipinski definition) is 4. The molecule has 110 valence electrons. The van der Waals surface area contributed by atoms with Gasteiger partial charge in [0.05, 0.1) is 24.3 Å². The van der Waals surface area contributed by atoms with Crippen LogP contribution in [0.1, 0.15) is 28.6 Å². The Morgan fingerprint density at radius 2 is 2.00 bits per heavy atom. The van der Waals surface area contributed by atoms with Gasteiger partial charge in [-0.3, -0.25) is 0 Å². The van der Waals surface area contributed by atoms with Crippen molar-refractivity contribution < 1.29 is 0 Å². The van der Waals surface area contributed by atoms with Gasteiger partial charge in [0, 0.05) is 24.2 Å². The monoisotopic (exact) mass is 291 g/mol. The molecule has 3 aromatic rings. The Balaban J connectivity index is 1.74. The van der Waals surface area contributed by atoms with Crippen LogP contribution in [0.5, 0.6) is 0 Å². The highest BCUT2D eigenvalue weighted by molar-refractivity contribution is 5.46. The number of nitrogens with one attached hydrogen (secondary N) is 1. The third-order valence-electron chi connectivity index (χ3n) is 4.15. The summed E-state index contributed by atoms with van der Waals surface area (Å²) in [4.78, 5) is 18.7. The van der Waals surface area contributed by atoms with Crippen molar-refractivity contribution in [2.75, 3.05) is 11.4 Å². The van der Waals surface area contributed by atoms with Crippen molar-refractivity contribution in [2.45, 2.75) is 19.4 Å². The van der Waals surface area contributed by atoms with Gasteiger partial charge in [-0.1, -0.05) is 30.3 Å². The molecular formula is C17H17N5. The fraction of sp³-hybridized carbons (Fsp3) is 0.235. The van der Waals surface area contributed by atoms with Gasteiger partial charge < -0.3 is 9.88 Å². The lowest BCUT2D eigenvalue weighted by atomic mass is 9.91. The Hall–Kier alpha value is -2.69. The van der Waals surface area contributed by atoms with Gasteiger partial charge in [0.1, 0.15) is 12.1 Å². The molecule has 1 N–H and O–H groups in total. The number of anilines is 1. The van der Waals surface area contributed by atoms with Gasteiger partial charge in [-0.2, -0.15) is 0 Å². The molecule has 0 fully saturated rings. The number of aromatic amines is 1. The summed E-state index contributed by atoms with van der Waals surface area (Å²) < 4.78 is 0. The molecule has 2 aromatic heterocycles. The minimum absolute atomic E-state index is 0.256. The Labute approximate surface area is 129 Å². The van der Waals surface area contributed by atoms with Crippen LogP contribution in [-0.4, -0.2) is 26.5 Å². The molecule has 0 amide bonds. The molecule has 0 radical (unpaired) electrons. The molecule has 1 unspecified atom stereocenters. The number of H-pyrrole nitrogens is 1. The fourth-order valence-corrected chi connectivity index (χ4v) is 3.06. The first-order valence-corrected chi connectivity index (χ1v) is 7.42. The maximum atomic E-state index is 4.55. The first kappa shape index (κ1) is 13.0. The molecule has 0 aliphatic carbocycles. The number of aromatic nitrogens is 4. The molecule has 1 aliphatic rings. The molecule has 0 bridgehead atoms. The summed E-state index contributed by atoms with van der Waals surface area (Å²) in [6.45, 7) is 3.67. The van der Waals surface area contributed by atoms with Gasteiger partial charge in [-0.05, 0) is 12.5 Å². The molecule has 5 heteroatoms. The number of nitrogens with zero attached hydrogens (tertiary/aromatic N) is 4. The Morgan fingerprint density at radius 1 is 1.14 bits per heavy atom. The second-order valence-electron chi connectivity index (χ2n) is 5.63. The summed E-state index contributed by atoms with van der Waals surface area (Å²) >= 11 is 0. The number of benzene rings is 1. The number of rotatable bonds is 2. The predicted octanol–water partition coefficient (Wildman–Crippen LogP) is 2.66. The molecule has 1 aromatic carbocycles. The molecule has 1 aliphatic heterocycles. The van der Waals surface area contributed by atoms with E-state index < -0.39 is 0 Å². The summed E-state index contributed by atoms with van der Waals surface area (Å²) in [5.74, 6) is 1.22. The highest BCUT2D eigenvalue weighted by Gasteiger charge is 2.29. The van der Waals surface area contributed by atoms with Crippen molar-refractivity contribution in [3.8, 4) is 0 Å². The van der Waals surface area contributed by atoms with Crippen molar-refractivity contribution in [2.24, 2.45) is 0 Å². The fourth-order valence-electron chi connectivity index (χ4n) is 3.06. The summed E-state index contributed by atoms with van der Waals surface area (Å²) in [7, 11) is 0. The van der Waals surface area contributed by atoms with Crippen LogP contribution in [0.3, 0.4) is 0 Å². The highest BCUT2D eigenvalue weighted by Crippen LogP contribution is 2.33. The summed E-state index contributed by atoms with van der Waals surface area (Å²) in [6.07, 6.45) is 3.42. The largest absolute Gasteiger partial charge is 0.350 e. The van der Waals surface area contributed by atoms with Crippen molar-refractivity contribution in [3.63, 3.8) is 0 Å².